The summed E-state index contributed by atoms with van der Waals surface area (Å²) in [6.45, 7) is 9.40. The van der Waals surface area contributed by atoms with E-state index >= 15 is 0 Å². The highest BCUT2D eigenvalue weighted by molar-refractivity contribution is 5.88. The molecule has 0 unspecified atom stereocenters. The Morgan fingerprint density at radius 3 is 2.41 bits per heavy atom. The van der Waals surface area contributed by atoms with E-state index in [2.05, 4.69) is 43.0 Å². The number of esters is 1. The van der Waals surface area contributed by atoms with Crippen LogP contribution in [0.15, 0.2) is 24.3 Å². The molecule has 6 heteroatoms. The first-order chi connectivity index (χ1) is 13.9. The molecule has 0 aliphatic carbocycles. The summed E-state index contributed by atoms with van der Waals surface area (Å²) < 4.78 is 5.03. The summed E-state index contributed by atoms with van der Waals surface area (Å²) in [5.74, 6) is -0.335. The molecule has 2 fully saturated rings. The standard InChI is InChI=1S/C23H34N2O4/c1-5-14-29-25-21(26)15-20(22(27)28-4)23(25)10-12-24(13-11-23)16-18-6-8-19(9-7-18)17(2)3/h6-9,17,20H,5,10-16H2,1-4H3/t20-/m1/s1. The zero-order chi connectivity index (χ0) is 21.0. The van der Waals surface area contributed by atoms with Crippen molar-refractivity contribution in [2.75, 3.05) is 26.8 Å². The molecule has 2 aliphatic heterocycles. The Hall–Kier alpha value is -1.92. The number of piperidine rings is 1. The Labute approximate surface area is 174 Å². The van der Waals surface area contributed by atoms with Crippen molar-refractivity contribution in [3.8, 4) is 0 Å². The lowest BCUT2D eigenvalue weighted by atomic mass is 9.77. The summed E-state index contributed by atoms with van der Waals surface area (Å²) in [6, 6.07) is 8.81. The van der Waals surface area contributed by atoms with Crippen molar-refractivity contribution in [3.63, 3.8) is 0 Å². The molecule has 1 aromatic carbocycles. The topological polar surface area (TPSA) is 59.1 Å². The van der Waals surface area contributed by atoms with E-state index in [1.54, 1.807) is 0 Å². The zero-order valence-electron chi connectivity index (χ0n) is 18.1. The molecule has 0 aromatic heterocycles. The molecular formula is C23H34N2O4. The minimum atomic E-state index is -0.586. The second-order valence-corrected chi connectivity index (χ2v) is 8.58. The van der Waals surface area contributed by atoms with Crippen LogP contribution in [0.1, 0.15) is 63.5 Å². The molecule has 160 valence electrons. The molecule has 29 heavy (non-hydrogen) atoms. The number of nitrogens with zero attached hydrogens (tertiary/aromatic N) is 2. The number of carbonyl (C=O) groups is 2. The minimum Gasteiger partial charge on any atom is -0.469 e. The van der Waals surface area contributed by atoms with Crippen LogP contribution in [0.5, 0.6) is 0 Å². The van der Waals surface area contributed by atoms with Gasteiger partial charge >= 0.3 is 5.97 Å². The summed E-state index contributed by atoms with van der Waals surface area (Å²) in [4.78, 5) is 33.3. The molecule has 2 saturated heterocycles. The van der Waals surface area contributed by atoms with Crippen molar-refractivity contribution >= 4 is 11.9 Å². The second kappa shape index (κ2) is 9.26. The third-order valence-electron chi connectivity index (χ3n) is 6.34. The van der Waals surface area contributed by atoms with Crippen LogP contribution in [-0.2, 0) is 25.7 Å². The largest absolute Gasteiger partial charge is 0.469 e. The molecule has 6 nitrogen and oxygen atoms in total. The van der Waals surface area contributed by atoms with E-state index in [1.807, 2.05) is 6.92 Å². The van der Waals surface area contributed by atoms with Gasteiger partial charge < -0.3 is 4.74 Å². The van der Waals surface area contributed by atoms with E-state index in [4.69, 9.17) is 9.57 Å². The maximum absolute atomic E-state index is 12.6. The van der Waals surface area contributed by atoms with Crippen LogP contribution in [-0.4, -0.2) is 54.2 Å². The van der Waals surface area contributed by atoms with Crippen LogP contribution in [0.2, 0.25) is 0 Å². The van der Waals surface area contributed by atoms with Gasteiger partial charge in [-0.15, -0.1) is 0 Å². The number of amides is 1. The molecular weight excluding hydrogens is 368 g/mol. The quantitative estimate of drug-likeness (QED) is 0.653. The van der Waals surface area contributed by atoms with Gasteiger partial charge in [-0.1, -0.05) is 45.0 Å². The Morgan fingerprint density at radius 2 is 1.86 bits per heavy atom. The summed E-state index contributed by atoms with van der Waals surface area (Å²) in [6.07, 6.45) is 2.42. The van der Waals surface area contributed by atoms with Gasteiger partial charge in [0.15, 0.2) is 0 Å². The molecule has 0 N–H and O–H groups in total. The molecule has 0 bridgehead atoms. The van der Waals surface area contributed by atoms with Gasteiger partial charge in [-0.3, -0.25) is 19.3 Å². The highest BCUT2D eigenvalue weighted by Gasteiger charge is 2.58. The smallest absolute Gasteiger partial charge is 0.311 e. The lowest BCUT2D eigenvalue weighted by Crippen LogP contribution is -2.57. The number of hydrogen-bond acceptors (Lipinski definition) is 5. The molecule has 1 atom stereocenters. The summed E-state index contributed by atoms with van der Waals surface area (Å²) in [5.41, 5.74) is 2.05. The van der Waals surface area contributed by atoms with Crippen LogP contribution in [0.3, 0.4) is 0 Å². The normalized spacial score (nSPS) is 21.9. The molecule has 2 aliphatic rings. The number of ether oxygens (including phenoxy) is 1. The number of benzene rings is 1. The third kappa shape index (κ3) is 4.48. The summed E-state index contributed by atoms with van der Waals surface area (Å²) in [5, 5.41) is 1.52. The van der Waals surface area contributed by atoms with Crippen LogP contribution in [0.25, 0.3) is 0 Å². The Bertz CT molecular complexity index is 708. The number of likely N-dealkylation sites (tertiary alicyclic amines) is 1. The average molecular weight is 403 g/mol. The van der Waals surface area contributed by atoms with Crippen molar-refractivity contribution in [3.05, 3.63) is 35.4 Å². The predicted molar refractivity (Wildman–Crippen MR) is 111 cm³/mol. The van der Waals surface area contributed by atoms with Crippen LogP contribution >= 0.6 is 0 Å². The van der Waals surface area contributed by atoms with E-state index < -0.39 is 11.5 Å². The van der Waals surface area contributed by atoms with Crippen LogP contribution in [0.4, 0.5) is 0 Å². The van der Waals surface area contributed by atoms with Crippen molar-refractivity contribution in [2.45, 2.75) is 64.5 Å². The molecule has 3 rings (SSSR count). The van der Waals surface area contributed by atoms with Gasteiger partial charge in [0.1, 0.15) is 0 Å². The summed E-state index contributed by atoms with van der Waals surface area (Å²) in [7, 11) is 1.39. The number of hydroxylamine groups is 2. The second-order valence-electron chi connectivity index (χ2n) is 8.58. The third-order valence-corrected chi connectivity index (χ3v) is 6.34. The van der Waals surface area contributed by atoms with E-state index in [9.17, 15) is 9.59 Å². The minimum absolute atomic E-state index is 0.105. The molecule has 1 aromatic rings. The zero-order valence-corrected chi connectivity index (χ0v) is 18.1. The van der Waals surface area contributed by atoms with Crippen LogP contribution < -0.4 is 0 Å². The van der Waals surface area contributed by atoms with Crippen molar-refractivity contribution in [1.29, 1.82) is 0 Å². The number of rotatable bonds is 7. The number of methoxy groups -OCH3 is 1. The highest BCUT2D eigenvalue weighted by Crippen LogP contribution is 2.44. The van der Waals surface area contributed by atoms with Gasteiger partial charge in [-0.2, -0.15) is 0 Å². The number of carbonyl (C=O) groups excluding carboxylic acids is 2. The maximum Gasteiger partial charge on any atom is 0.311 e. The Morgan fingerprint density at radius 1 is 1.21 bits per heavy atom. The van der Waals surface area contributed by atoms with E-state index in [0.29, 0.717) is 25.4 Å². The fourth-order valence-electron chi connectivity index (χ4n) is 4.58. The SMILES string of the molecule is CCCON1C(=O)C[C@H](C(=O)OC)C12CCN(Cc1ccc(C(C)C)cc1)CC2. The maximum atomic E-state index is 12.6. The first kappa shape index (κ1) is 21.8. The Kier molecular flexibility index (Phi) is 6.96. The molecule has 1 amide bonds. The first-order valence-corrected chi connectivity index (χ1v) is 10.8. The van der Waals surface area contributed by atoms with E-state index in [-0.39, 0.29) is 18.3 Å². The van der Waals surface area contributed by atoms with Crippen LogP contribution in [0, 0.1) is 5.92 Å². The monoisotopic (exact) mass is 402 g/mol. The lowest BCUT2D eigenvalue weighted by molar-refractivity contribution is -0.223. The average Bonchev–Trinajstić information content (AvgIpc) is 2.99. The van der Waals surface area contributed by atoms with Gasteiger partial charge in [0, 0.05) is 26.1 Å². The Balaban J connectivity index is 1.70. The molecule has 0 radical (unpaired) electrons. The molecule has 1 spiro atoms. The van der Waals surface area contributed by atoms with E-state index in [1.165, 1.54) is 23.3 Å². The molecule has 0 saturated carbocycles. The first-order valence-electron chi connectivity index (χ1n) is 10.8. The van der Waals surface area contributed by atoms with Crippen molar-refractivity contribution in [1.82, 2.24) is 9.96 Å². The summed E-state index contributed by atoms with van der Waals surface area (Å²) >= 11 is 0. The van der Waals surface area contributed by atoms with Gasteiger partial charge in [-0.25, -0.2) is 5.06 Å². The van der Waals surface area contributed by atoms with E-state index in [0.717, 1.165) is 26.1 Å². The fourth-order valence-corrected chi connectivity index (χ4v) is 4.58. The van der Waals surface area contributed by atoms with Crippen molar-refractivity contribution in [2.24, 2.45) is 5.92 Å². The molecule has 2 heterocycles. The van der Waals surface area contributed by atoms with Crippen molar-refractivity contribution < 1.29 is 19.2 Å². The fraction of sp³-hybridized carbons (Fsp3) is 0.652. The van der Waals surface area contributed by atoms with Gasteiger partial charge in [0.05, 0.1) is 25.2 Å². The van der Waals surface area contributed by atoms with Gasteiger partial charge in [0.25, 0.3) is 0 Å². The lowest BCUT2D eigenvalue weighted by Gasteiger charge is -2.45. The van der Waals surface area contributed by atoms with Gasteiger partial charge in [0.2, 0.25) is 5.91 Å². The predicted octanol–water partition coefficient (Wildman–Crippen LogP) is 3.51. The number of hydrogen-bond donors (Lipinski definition) is 0. The van der Waals surface area contributed by atoms with Gasteiger partial charge in [-0.05, 0) is 36.3 Å². The highest BCUT2D eigenvalue weighted by atomic mass is 16.7.